The lowest BCUT2D eigenvalue weighted by molar-refractivity contribution is -0.137. The van der Waals surface area contributed by atoms with Crippen molar-refractivity contribution in [2.75, 3.05) is 4.90 Å². The Morgan fingerprint density at radius 1 is 0.447 bits per heavy atom. The zero-order chi connectivity index (χ0) is 32.0. The van der Waals surface area contributed by atoms with Crippen LogP contribution in [0, 0.1) is 0 Å². The van der Waals surface area contributed by atoms with Crippen LogP contribution in [0.2, 0.25) is 0 Å². The first-order chi connectivity index (χ1) is 23.0. The van der Waals surface area contributed by atoms with E-state index in [2.05, 4.69) is 108 Å². The molecule has 8 rings (SSSR count). The van der Waals surface area contributed by atoms with Gasteiger partial charge in [-0.25, -0.2) is 4.98 Å². The van der Waals surface area contributed by atoms with Crippen molar-refractivity contribution in [1.29, 1.82) is 0 Å². The number of halogens is 3. The summed E-state index contributed by atoms with van der Waals surface area (Å²) >= 11 is 0. The molecule has 0 radical (unpaired) electrons. The summed E-state index contributed by atoms with van der Waals surface area (Å²) in [5, 5.41) is 7.03. The van der Waals surface area contributed by atoms with Gasteiger partial charge in [0, 0.05) is 17.6 Å². The van der Waals surface area contributed by atoms with Gasteiger partial charge in [-0.1, -0.05) is 121 Å². The number of hydrogen-bond acceptors (Lipinski definition) is 2. The first-order valence-corrected chi connectivity index (χ1v) is 15.4. The summed E-state index contributed by atoms with van der Waals surface area (Å²) in [5.41, 5.74) is 5.37. The summed E-state index contributed by atoms with van der Waals surface area (Å²) in [7, 11) is 0. The highest BCUT2D eigenvalue weighted by Gasteiger charge is 2.31. The lowest BCUT2D eigenvalue weighted by Gasteiger charge is -2.25. The summed E-state index contributed by atoms with van der Waals surface area (Å²) in [4.78, 5) is 6.09. The molecule has 226 valence electrons. The first kappa shape index (κ1) is 28.5. The molecule has 0 saturated heterocycles. The summed E-state index contributed by atoms with van der Waals surface area (Å²) in [6, 6.07) is 52.3. The van der Waals surface area contributed by atoms with Crippen LogP contribution in [-0.4, -0.2) is 4.98 Å². The fourth-order valence-corrected chi connectivity index (χ4v) is 6.63. The quantitative estimate of drug-likeness (QED) is 0.179. The van der Waals surface area contributed by atoms with E-state index in [0.717, 1.165) is 45.5 Å². The van der Waals surface area contributed by atoms with Gasteiger partial charge in [-0.15, -0.1) is 0 Å². The molecular weight excluding hydrogens is 589 g/mol. The van der Waals surface area contributed by atoms with Gasteiger partial charge < -0.3 is 0 Å². The summed E-state index contributed by atoms with van der Waals surface area (Å²) < 4.78 is 40.0. The average molecular weight is 617 g/mol. The minimum absolute atomic E-state index is 0.396. The Morgan fingerprint density at radius 3 is 1.57 bits per heavy atom. The number of aromatic nitrogens is 1. The molecule has 0 bridgehead atoms. The first-order valence-electron chi connectivity index (χ1n) is 15.4. The number of benzene rings is 7. The molecule has 0 fully saturated rings. The molecule has 0 N–H and O–H groups in total. The molecule has 0 unspecified atom stereocenters. The SMILES string of the molecule is FC(F)(F)c1ccc(N(c2ccccc2)c2ccc(-c3c4ccccc4c(-c4cccc5ccccc45)c4ccccc34)cc2)nc1. The van der Waals surface area contributed by atoms with Crippen molar-refractivity contribution in [2.45, 2.75) is 6.18 Å². The predicted molar refractivity (Wildman–Crippen MR) is 187 cm³/mol. The standard InChI is InChI=1S/C42H27F3N2/c43-42(44,45)30-23-26-39(46-27-30)47(31-13-2-1-3-14-31)32-24-21-29(22-25-32)40-35-16-6-8-18-37(35)41(38-19-9-7-17-36(38)40)34-20-10-12-28-11-4-5-15-33(28)34/h1-27H. The molecule has 2 nitrogen and oxygen atoms in total. The molecule has 0 aliphatic carbocycles. The molecule has 1 aromatic heterocycles. The lowest BCUT2D eigenvalue weighted by Crippen LogP contribution is -2.13. The van der Waals surface area contributed by atoms with E-state index >= 15 is 0 Å². The summed E-state index contributed by atoms with van der Waals surface area (Å²) in [6.45, 7) is 0. The van der Waals surface area contributed by atoms with Crippen LogP contribution in [0.4, 0.5) is 30.4 Å². The van der Waals surface area contributed by atoms with Crippen LogP contribution in [0.3, 0.4) is 0 Å². The van der Waals surface area contributed by atoms with Crippen molar-refractivity contribution in [1.82, 2.24) is 4.98 Å². The fourth-order valence-electron chi connectivity index (χ4n) is 6.63. The topological polar surface area (TPSA) is 16.1 Å². The maximum atomic E-state index is 13.3. The Morgan fingerprint density at radius 2 is 0.979 bits per heavy atom. The number of fused-ring (bicyclic) bond motifs is 3. The molecular formula is C42H27F3N2. The number of alkyl halides is 3. The smallest absolute Gasteiger partial charge is 0.295 e. The van der Waals surface area contributed by atoms with Gasteiger partial charge in [0.25, 0.3) is 0 Å². The number of nitrogens with zero attached hydrogens (tertiary/aromatic N) is 2. The van der Waals surface area contributed by atoms with Gasteiger partial charge in [0.05, 0.1) is 5.56 Å². The number of para-hydroxylation sites is 1. The zero-order valence-corrected chi connectivity index (χ0v) is 25.1. The van der Waals surface area contributed by atoms with Crippen LogP contribution in [0.5, 0.6) is 0 Å². The van der Waals surface area contributed by atoms with Gasteiger partial charge in [-0.2, -0.15) is 13.2 Å². The molecule has 0 aliphatic rings. The number of hydrogen-bond donors (Lipinski definition) is 0. The Balaban J connectivity index is 1.31. The molecule has 5 heteroatoms. The molecule has 8 aromatic rings. The fraction of sp³-hybridized carbons (Fsp3) is 0.0238. The van der Waals surface area contributed by atoms with E-state index in [1.54, 1.807) is 0 Å². The molecule has 0 aliphatic heterocycles. The Labute approximate surface area is 270 Å². The highest BCUT2D eigenvalue weighted by Crippen LogP contribution is 2.46. The minimum atomic E-state index is -4.46. The van der Waals surface area contributed by atoms with E-state index in [-0.39, 0.29) is 0 Å². The highest BCUT2D eigenvalue weighted by atomic mass is 19.4. The highest BCUT2D eigenvalue weighted by molar-refractivity contribution is 6.23. The monoisotopic (exact) mass is 616 g/mol. The van der Waals surface area contributed by atoms with Gasteiger partial charge in [0.2, 0.25) is 0 Å². The molecule has 0 spiro atoms. The van der Waals surface area contributed by atoms with Crippen molar-refractivity contribution in [3.8, 4) is 22.3 Å². The zero-order valence-electron chi connectivity index (χ0n) is 25.1. The van der Waals surface area contributed by atoms with Crippen LogP contribution in [-0.2, 0) is 6.18 Å². The maximum Gasteiger partial charge on any atom is 0.417 e. The van der Waals surface area contributed by atoms with Crippen LogP contribution >= 0.6 is 0 Å². The average Bonchev–Trinajstić information content (AvgIpc) is 3.11. The molecule has 1 heterocycles. The Kier molecular flexibility index (Phi) is 6.95. The van der Waals surface area contributed by atoms with E-state index < -0.39 is 11.7 Å². The molecule has 7 aromatic carbocycles. The van der Waals surface area contributed by atoms with E-state index in [4.69, 9.17) is 0 Å². The van der Waals surface area contributed by atoms with E-state index in [1.807, 2.05) is 47.4 Å². The molecule has 0 amide bonds. The van der Waals surface area contributed by atoms with Crippen LogP contribution < -0.4 is 4.90 Å². The second kappa shape index (κ2) is 11.5. The third kappa shape index (κ3) is 5.06. The van der Waals surface area contributed by atoms with E-state index in [0.29, 0.717) is 5.82 Å². The number of pyridine rings is 1. The largest absolute Gasteiger partial charge is 0.417 e. The minimum Gasteiger partial charge on any atom is -0.295 e. The van der Waals surface area contributed by atoms with E-state index in [9.17, 15) is 13.2 Å². The van der Waals surface area contributed by atoms with Crippen LogP contribution in [0.1, 0.15) is 5.56 Å². The van der Waals surface area contributed by atoms with Crippen LogP contribution in [0.15, 0.2) is 164 Å². The molecule has 0 atom stereocenters. The molecule has 0 saturated carbocycles. The van der Waals surface area contributed by atoms with Crippen molar-refractivity contribution in [3.05, 3.63) is 169 Å². The summed E-state index contributed by atoms with van der Waals surface area (Å²) in [5.74, 6) is 0.396. The van der Waals surface area contributed by atoms with Crippen molar-refractivity contribution >= 4 is 49.5 Å². The van der Waals surface area contributed by atoms with Gasteiger partial charge in [0.15, 0.2) is 0 Å². The van der Waals surface area contributed by atoms with Gasteiger partial charge >= 0.3 is 6.18 Å². The van der Waals surface area contributed by atoms with Crippen molar-refractivity contribution < 1.29 is 13.2 Å². The van der Waals surface area contributed by atoms with Crippen molar-refractivity contribution in [2.24, 2.45) is 0 Å². The normalized spacial score (nSPS) is 11.7. The third-order valence-corrected chi connectivity index (χ3v) is 8.72. The van der Waals surface area contributed by atoms with Crippen LogP contribution in [0.25, 0.3) is 54.6 Å². The van der Waals surface area contributed by atoms with Crippen molar-refractivity contribution in [3.63, 3.8) is 0 Å². The Bertz CT molecular complexity index is 2320. The second-order valence-corrected chi connectivity index (χ2v) is 11.5. The molecule has 47 heavy (non-hydrogen) atoms. The Hall–Kier alpha value is -5.94. The third-order valence-electron chi connectivity index (χ3n) is 8.72. The predicted octanol–water partition coefficient (Wildman–Crippen LogP) is 12.4. The maximum absolute atomic E-state index is 13.3. The van der Waals surface area contributed by atoms with Gasteiger partial charge in [-0.05, 0) is 91.0 Å². The number of anilines is 3. The number of rotatable bonds is 5. The van der Waals surface area contributed by atoms with Gasteiger partial charge in [0.1, 0.15) is 5.82 Å². The van der Waals surface area contributed by atoms with Gasteiger partial charge in [-0.3, -0.25) is 4.90 Å². The second-order valence-electron chi connectivity index (χ2n) is 11.5. The summed E-state index contributed by atoms with van der Waals surface area (Å²) in [6.07, 6.45) is -3.57. The lowest BCUT2D eigenvalue weighted by atomic mass is 9.85. The van der Waals surface area contributed by atoms with E-state index in [1.165, 1.54) is 38.7 Å².